The molecular weight excluding hydrogens is 316 g/mol. The van der Waals surface area contributed by atoms with Crippen molar-refractivity contribution in [3.05, 3.63) is 63.8 Å². The summed E-state index contributed by atoms with van der Waals surface area (Å²) in [5.41, 5.74) is 1.93. The number of amides is 1. The summed E-state index contributed by atoms with van der Waals surface area (Å²) < 4.78 is 0.775. The first-order chi connectivity index (χ1) is 10.6. The van der Waals surface area contributed by atoms with Crippen LogP contribution >= 0.6 is 22.9 Å². The van der Waals surface area contributed by atoms with Crippen molar-refractivity contribution in [1.29, 1.82) is 0 Å². The van der Waals surface area contributed by atoms with Crippen molar-refractivity contribution in [2.24, 2.45) is 0 Å². The summed E-state index contributed by atoms with van der Waals surface area (Å²) in [6, 6.07) is 11.7. The molecule has 5 heteroatoms. The number of thiophene rings is 1. The van der Waals surface area contributed by atoms with Crippen LogP contribution in [0.25, 0.3) is 0 Å². The fourth-order valence-electron chi connectivity index (χ4n) is 2.24. The first-order valence-electron chi connectivity index (χ1n) is 7.12. The molecule has 2 aromatic rings. The summed E-state index contributed by atoms with van der Waals surface area (Å²) >= 11 is 7.52. The van der Waals surface area contributed by atoms with Crippen LogP contribution in [0.15, 0.2) is 49.1 Å². The third-order valence-electron chi connectivity index (χ3n) is 3.32. The van der Waals surface area contributed by atoms with Gasteiger partial charge in [0.15, 0.2) is 6.54 Å². The minimum Gasteiger partial charge on any atom is -0.321 e. The van der Waals surface area contributed by atoms with Crippen LogP contribution in [0.4, 0.5) is 5.69 Å². The Bertz CT molecular complexity index is 654. The number of quaternary nitrogens is 1. The van der Waals surface area contributed by atoms with Gasteiger partial charge in [0.1, 0.15) is 6.54 Å². The van der Waals surface area contributed by atoms with Gasteiger partial charge in [-0.3, -0.25) is 4.79 Å². The molecule has 2 N–H and O–H groups in total. The van der Waals surface area contributed by atoms with Crippen molar-refractivity contribution in [3.8, 4) is 0 Å². The zero-order valence-corrected chi connectivity index (χ0v) is 14.1. The molecule has 0 saturated carbocycles. The van der Waals surface area contributed by atoms with Gasteiger partial charge >= 0.3 is 0 Å². The maximum atomic E-state index is 12.3. The zero-order chi connectivity index (χ0) is 15.9. The Morgan fingerprint density at radius 3 is 2.77 bits per heavy atom. The molecule has 2 rings (SSSR count). The van der Waals surface area contributed by atoms with E-state index in [1.54, 1.807) is 11.3 Å². The topological polar surface area (TPSA) is 33.5 Å². The number of rotatable bonds is 7. The van der Waals surface area contributed by atoms with Gasteiger partial charge in [-0.05, 0) is 36.8 Å². The summed E-state index contributed by atoms with van der Waals surface area (Å²) in [4.78, 5) is 14.6. The molecule has 22 heavy (non-hydrogen) atoms. The Balaban J connectivity index is 1.96. The van der Waals surface area contributed by atoms with E-state index in [4.69, 9.17) is 11.6 Å². The highest BCUT2D eigenvalue weighted by Crippen LogP contribution is 2.20. The van der Waals surface area contributed by atoms with E-state index in [2.05, 4.69) is 11.9 Å². The van der Waals surface area contributed by atoms with E-state index in [1.165, 1.54) is 4.88 Å². The summed E-state index contributed by atoms with van der Waals surface area (Å²) in [6.45, 7) is 7.66. The number of halogens is 1. The van der Waals surface area contributed by atoms with E-state index in [1.807, 2.05) is 49.4 Å². The van der Waals surface area contributed by atoms with Gasteiger partial charge in [-0.25, -0.2) is 0 Å². The third-order valence-corrected chi connectivity index (χ3v) is 4.55. The Hall–Kier alpha value is -1.62. The maximum absolute atomic E-state index is 12.3. The van der Waals surface area contributed by atoms with E-state index in [0.717, 1.165) is 33.6 Å². The minimum atomic E-state index is 0.00815. The quantitative estimate of drug-likeness (QED) is 0.749. The molecule has 0 aliphatic carbocycles. The highest BCUT2D eigenvalue weighted by Gasteiger charge is 2.15. The Morgan fingerprint density at radius 2 is 2.14 bits per heavy atom. The van der Waals surface area contributed by atoms with Gasteiger partial charge in [-0.15, -0.1) is 11.3 Å². The molecule has 1 aromatic heterocycles. The molecule has 116 valence electrons. The van der Waals surface area contributed by atoms with Crippen molar-refractivity contribution in [1.82, 2.24) is 0 Å². The highest BCUT2D eigenvalue weighted by molar-refractivity contribution is 7.16. The number of nitrogens with one attached hydrogen (secondary N) is 2. The van der Waals surface area contributed by atoms with Crippen LogP contribution in [-0.4, -0.2) is 19.0 Å². The van der Waals surface area contributed by atoms with Gasteiger partial charge in [-0.1, -0.05) is 36.4 Å². The van der Waals surface area contributed by atoms with Crippen LogP contribution in [0.1, 0.15) is 10.4 Å². The summed E-state index contributed by atoms with van der Waals surface area (Å²) in [5, 5.41) is 2.97. The molecule has 0 fully saturated rings. The lowest BCUT2D eigenvalue weighted by Crippen LogP contribution is -3.11. The Kier molecular flexibility index (Phi) is 6.19. The zero-order valence-electron chi connectivity index (χ0n) is 12.6. The maximum Gasteiger partial charge on any atom is 0.279 e. The SMILES string of the molecule is C=CC[NH+](CC(=O)Nc1ccccc1C)Cc1ccc(Cl)s1. The van der Waals surface area contributed by atoms with E-state index in [9.17, 15) is 4.79 Å². The van der Waals surface area contributed by atoms with Gasteiger partial charge < -0.3 is 10.2 Å². The second kappa shape index (κ2) is 8.13. The molecule has 0 saturated heterocycles. The smallest absolute Gasteiger partial charge is 0.279 e. The average Bonchev–Trinajstić information content (AvgIpc) is 2.87. The molecule has 1 amide bonds. The number of carbonyl (C=O) groups excluding carboxylic acids is 1. The molecular formula is C17H20ClN2OS+. The summed E-state index contributed by atoms with van der Waals surface area (Å²) in [5.74, 6) is 0.00815. The minimum absolute atomic E-state index is 0.00815. The highest BCUT2D eigenvalue weighted by atomic mass is 35.5. The standard InChI is InChI=1S/C17H19ClN2OS/c1-3-10-20(11-14-8-9-16(18)22-14)12-17(21)19-15-7-5-4-6-13(15)2/h3-9H,1,10-12H2,2H3,(H,19,21)/p+1. The van der Waals surface area contributed by atoms with Gasteiger partial charge in [-0.2, -0.15) is 0 Å². The molecule has 1 heterocycles. The van der Waals surface area contributed by atoms with Crippen LogP contribution in [0.3, 0.4) is 0 Å². The van der Waals surface area contributed by atoms with Gasteiger partial charge in [0.05, 0.1) is 15.8 Å². The van der Waals surface area contributed by atoms with Gasteiger partial charge in [0.25, 0.3) is 5.91 Å². The lowest BCUT2D eigenvalue weighted by molar-refractivity contribution is -0.899. The largest absolute Gasteiger partial charge is 0.321 e. The fraction of sp³-hybridized carbons (Fsp3) is 0.235. The van der Waals surface area contributed by atoms with E-state index in [-0.39, 0.29) is 5.91 Å². The number of carbonyl (C=O) groups is 1. The lowest BCUT2D eigenvalue weighted by atomic mass is 10.2. The van der Waals surface area contributed by atoms with E-state index in [0.29, 0.717) is 6.54 Å². The third kappa shape index (κ3) is 4.98. The molecule has 0 aliphatic heterocycles. The predicted molar refractivity (Wildman–Crippen MR) is 93.7 cm³/mol. The van der Waals surface area contributed by atoms with Crippen LogP contribution in [-0.2, 0) is 11.3 Å². The lowest BCUT2D eigenvalue weighted by Gasteiger charge is -2.17. The number of aryl methyl sites for hydroxylation is 1. The van der Waals surface area contributed by atoms with Crippen LogP contribution in [0, 0.1) is 6.92 Å². The summed E-state index contributed by atoms with van der Waals surface area (Å²) in [6.07, 6.45) is 1.84. The predicted octanol–water partition coefficient (Wildman–Crippen LogP) is 2.92. The molecule has 1 aromatic carbocycles. The second-order valence-corrected chi connectivity index (χ2v) is 6.96. The molecule has 3 nitrogen and oxygen atoms in total. The number of hydrogen-bond donors (Lipinski definition) is 2. The van der Waals surface area contributed by atoms with Gasteiger partial charge in [0, 0.05) is 5.69 Å². The van der Waals surface area contributed by atoms with Crippen LogP contribution in [0.2, 0.25) is 4.34 Å². The second-order valence-electron chi connectivity index (χ2n) is 5.17. The molecule has 0 aliphatic rings. The monoisotopic (exact) mass is 335 g/mol. The molecule has 1 unspecified atom stereocenters. The molecule has 0 radical (unpaired) electrons. The van der Waals surface area contributed by atoms with Crippen LogP contribution in [0.5, 0.6) is 0 Å². The first kappa shape index (κ1) is 16.7. The molecule has 0 spiro atoms. The van der Waals surface area contributed by atoms with Gasteiger partial charge in [0.2, 0.25) is 0 Å². The first-order valence-corrected chi connectivity index (χ1v) is 8.32. The number of anilines is 1. The number of para-hydroxylation sites is 1. The van der Waals surface area contributed by atoms with Crippen molar-refractivity contribution in [2.75, 3.05) is 18.4 Å². The molecule has 0 bridgehead atoms. The normalized spacial score (nSPS) is 11.9. The van der Waals surface area contributed by atoms with E-state index < -0.39 is 0 Å². The van der Waals surface area contributed by atoms with Crippen molar-refractivity contribution in [3.63, 3.8) is 0 Å². The molecule has 1 atom stereocenters. The van der Waals surface area contributed by atoms with Crippen molar-refractivity contribution in [2.45, 2.75) is 13.5 Å². The fourth-order valence-corrected chi connectivity index (χ4v) is 3.40. The Morgan fingerprint density at radius 1 is 1.36 bits per heavy atom. The average molecular weight is 336 g/mol. The van der Waals surface area contributed by atoms with E-state index >= 15 is 0 Å². The van der Waals surface area contributed by atoms with Crippen LogP contribution < -0.4 is 10.2 Å². The van der Waals surface area contributed by atoms with Crippen molar-refractivity contribution >= 4 is 34.5 Å². The Labute approximate surface area is 140 Å². The number of hydrogen-bond acceptors (Lipinski definition) is 2. The van der Waals surface area contributed by atoms with Crippen molar-refractivity contribution < 1.29 is 9.69 Å². The number of benzene rings is 1. The summed E-state index contributed by atoms with van der Waals surface area (Å²) in [7, 11) is 0.